The fraction of sp³-hybridized carbons (Fsp3) is 0.350. The van der Waals surface area contributed by atoms with Crippen molar-refractivity contribution in [3.63, 3.8) is 0 Å². The topological polar surface area (TPSA) is 35.5 Å². The van der Waals surface area contributed by atoms with Gasteiger partial charge in [-0.15, -0.1) is 0 Å². The average molecular weight is 312 g/mol. The Morgan fingerprint density at radius 3 is 2.09 bits per heavy atom. The van der Waals surface area contributed by atoms with E-state index in [9.17, 15) is 4.79 Å². The number of hydrogen-bond donors (Lipinski definition) is 0. The van der Waals surface area contributed by atoms with Crippen molar-refractivity contribution >= 4 is 5.78 Å². The van der Waals surface area contributed by atoms with Gasteiger partial charge in [-0.2, -0.15) is 0 Å². The molecule has 0 bridgehead atoms. The Labute approximate surface area is 138 Å². The second-order valence-corrected chi connectivity index (χ2v) is 6.65. The monoisotopic (exact) mass is 312 g/mol. The van der Waals surface area contributed by atoms with Crippen molar-refractivity contribution in [1.29, 1.82) is 0 Å². The van der Waals surface area contributed by atoms with Crippen LogP contribution in [-0.2, 0) is 5.41 Å². The summed E-state index contributed by atoms with van der Waals surface area (Å²) in [5, 5.41) is 0. The van der Waals surface area contributed by atoms with E-state index in [1.807, 2.05) is 31.2 Å². The Kier molecular flexibility index (Phi) is 4.79. The minimum Gasteiger partial charge on any atom is -0.496 e. The van der Waals surface area contributed by atoms with Crippen LogP contribution in [0.4, 0.5) is 0 Å². The van der Waals surface area contributed by atoms with E-state index in [2.05, 4.69) is 20.8 Å². The molecule has 122 valence electrons. The number of ketones is 1. The Hall–Kier alpha value is -2.29. The number of aryl methyl sites for hydroxylation is 1. The van der Waals surface area contributed by atoms with Crippen molar-refractivity contribution in [2.75, 3.05) is 14.2 Å². The standard InChI is InChI=1S/C20H24O3/c1-13-11-18(23-6)16(20(2,3)4)12-15(13)19(21)14-9-7-8-10-17(14)22-5/h7-12H,1-6H3. The van der Waals surface area contributed by atoms with Crippen molar-refractivity contribution in [2.45, 2.75) is 33.1 Å². The van der Waals surface area contributed by atoms with E-state index in [0.29, 0.717) is 16.9 Å². The highest BCUT2D eigenvalue weighted by Gasteiger charge is 2.24. The van der Waals surface area contributed by atoms with Crippen molar-refractivity contribution in [2.24, 2.45) is 0 Å². The number of carbonyl (C=O) groups excluding carboxylic acids is 1. The molecule has 0 aromatic heterocycles. The van der Waals surface area contributed by atoms with E-state index < -0.39 is 0 Å². The van der Waals surface area contributed by atoms with Gasteiger partial charge in [0.15, 0.2) is 5.78 Å². The number of ether oxygens (including phenoxy) is 2. The van der Waals surface area contributed by atoms with Gasteiger partial charge in [0.05, 0.1) is 19.8 Å². The van der Waals surface area contributed by atoms with Gasteiger partial charge in [-0.25, -0.2) is 0 Å². The molecule has 3 heteroatoms. The van der Waals surface area contributed by atoms with Crippen LogP contribution in [0.1, 0.15) is 47.8 Å². The van der Waals surface area contributed by atoms with Crippen LogP contribution >= 0.6 is 0 Å². The number of methoxy groups -OCH3 is 2. The summed E-state index contributed by atoms with van der Waals surface area (Å²) in [6.07, 6.45) is 0. The molecule has 0 atom stereocenters. The van der Waals surface area contributed by atoms with Gasteiger partial charge in [-0.1, -0.05) is 32.9 Å². The van der Waals surface area contributed by atoms with Crippen LogP contribution in [0, 0.1) is 6.92 Å². The molecule has 0 fully saturated rings. The number of benzene rings is 2. The van der Waals surface area contributed by atoms with E-state index >= 15 is 0 Å². The first-order valence-electron chi connectivity index (χ1n) is 7.66. The Morgan fingerprint density at radius 1 is 0.913 bits per heavy atom. The highest BCUT2D eigenvalue weighted by Crippen LogP contribution is 2.35. The third kappa shape index (κ3) is 3.39. The summed E-state index contributed by atoms with van der Waals surface area (Å²) < 4.78 is 10.8. The highest BCUT2D eigenvalue weighted by molar-refractivity contribution is 6.11. The molecule has 0 aliphatic heterocycles. The van der Waals surface area contributed by atoms with Gasteiger partial charge in [0.2, 0.25) is 0 Å². The molecule has 2 aromatic carbocycles. The zero-order valence-corrected chi connectivity index (χ0v) is 14.7. The Bertz CT molecular complexity index is 724. The normalized spacial score (nSPS) is 11.2. The first-order chi connectivity index (χ1) is 10.8. The van der Waals surface area contributed by atoms with Gasteiger partial charge in [-0.05, 0) is 42.2 Å². The summed E-state index contributed by atoms with van der Waals surface area (Å²) in [6, 6.07) is 11.2. The fourth-order valence-electron chi connectivity index (χ4n) is 2.66. The predicted molar refractivity (Wildman–Crippen MR) is 92.9 cm³/mol. The summed E-state index contributed by atoms with van der Waals surface area (Å²) >= 11 is 0. The van der Waals surface area contributed by atoms with Gasteiger partial charge in [0.25, 0.3) is 0 Å². The van der Waals surface area contributed by atoms with Crippen molar-refractivity contribution in [3.8, 4) is 11.5 Å². The SMILES string of the molecule is COc1ccccc1C(=O)c1cc(C(C)(C)C)c(OC)cc1C. The third-order valence-corrected chi connectivity index (χ3v) is 3.95. The number of hydrogen-bond acceptors (Lipinski definition) is 3. The largest absolute Gasteiger partial charge is 0.496 e. The first kappa shape index (κ1) is 17.1. The van der Waals surface area contributed by atoms with Gasteiger partial charge in [-0.3, -0.25) is 4.79 Å². The van der Waals surface area contributed by atoms with Crippen LogP contribution in [0.5, 0.6) is 11.5 Å². The maximum Gasteiger partial charge on any atom is 0.197 e. The summed E-state index contributed by atoms with van der Waals surface area (Å²) in [5.41, 5.74) is 3.05. The first-order valence-corrected chi connectivity index (χ1v) is 7.66. The van der Waals surface area contributed by atoms with Gasteiger partial charge < -0.3 is 9.47 Å². The molecule has 0 radical (unpaired) electrons. The lowest BCUT2D eigenvalue weighted by Crippen LogP contribution is -2.15. The molecule has 0 aliphatic rings. The minimum atomic E-state index is -0.116. The zero-order chi connectivity index (χ0) is 17.2. The van der Waals surface area contributed by atoms with Gasteiger partial charge in [0, 0.05) is 11.1 Å². The predicted octanol–water partition coefficient (Wildman–Crippen LogP) is 4.54. The van der Waals surface area contributed by atoms with Crippen molar-refractivity contribution in [1.82, 2.24) is 0 Å². The lowest BCUT2D eigenvalue weighted by Gasteiger charge is -2.24. The van der Waals surface area contributed by atoms with Crippen molar-refractivity contribution in [3.05, 3.63) is 58.7 Å². The van der Waals surface area contributed by atoms with Crippen LogP contribution < -0.4 is 9.47 Å². The van der Waals surface area contributed by atoms with Gasteiger partial charge >= 0.3 is 0 Å². The van der Waals surface area contributed by atoms with E-state index in [4.69, 9.17) is 9.47 Å². The Balaban J connectivity index is 2.61. The molecule has 0 saturated heterocycles. The molecule has 0 N–H and O–H groups in total. The number of carbonyl (C=O) groups is 1. The minimum absolute atomic E-state index is 0.0342. The Morgan fingerprint density at radius 2 is 1.52 bits per heavy atom. The molecule has 2 aromatic rings. The van der Waals surface area contributed by atoms with Crippen molar-refractivity contribution < 1.29 is 14.3 Å². The molecule has 0 saturated carbocycles. The second-order valence-electron chi connectivity index (χ2n) is 6.65. The fourth-order valence-corrected chi connectivity index (χ4v) is 2.66. The number of para-hydroxylation sites is 1. The van der Waals surface area contributed by atoms with Gasteiger partial charge in [0.1, 0.15) is 11.5 Å². The summed E-state index contributed by atoms with van der Waals surface area (Å²) in [5.74, 6) is 1.37. The third-order valence-electron chi connectivity index (χ3n) is 3.95. The molecular formula is C20H24O3. The summed E-state index contributed by atoms with van der Waals surface area (Å²) in [4.78, 5) is 13.0. The molecule has 3 nitrogen and oxygen atoms in total. The van der Waals surface area contributed by atoms with E-state index in [0.717, 1.165) is 16.9 Å². The lowest BCUT2D eigenvalue weighted by atomic mass is 9.83. The molecule has 2 rings (SSSR count). The second kappa shape index (κ2) is 6.45. The molecule has 0 heterocycles. The molecule has 0 amide bonds. The van der Waals surface area contributed by atoms with Crippen LogP contribution in [0.3, 0.4) is 0 Å². The van der Waals surface area contributed by atoms with Crippen LogP contribution in [0.2, 0.25) is 0 Å². The molecule has 0 spiro atoms. The molecular weight excluding hydrogens is 288 g/mol. The molecule has 0 aliphatic carbocycles. The van der Waals surface area contributed by atoms with Crippen LogP contribution in [-0.4, -0.2) is 20.0 Å². The summed E-state index contributed by atoms with van der Waals surface area (Å²) in [7, 11) is 3.24. The van der Waals surface area contributed by atoms with E-state index in [1.165, 1.54) is 0 Å². The quantitative estimate of drug-likeness (QED) is 0.777. The zero-order valence-electron chi connectivity index (χ0n) is 14.7. The van der Waals surface area contributed by atoms with Crippen LogP contribution in [0.15, 0.2) is 36.4 Å². The maximum absolute atomic E-state index is 13.0. The lowest BCUT2D eigenvalue weighted by molar-refractivity contribution is 0.103. The number of rotatable bonds is 4. The molecule has 0 unspecified atom stereocenters. The maximum atomic E-state index is 13.0. The average Bonchev–Trinajstić information content (AvgIpc) is 2.52. The highest BCUT2D eigenvalue weighted by atomic mass is 16.5. The summed E-state index contributed by atoms with van der Waals surface area (Å²) in [6.45, 7) is 8.25. The smallest absolute Gasteiger partial charge is 0.197 e. The van der Waals surface area contributed by atoms with Crippen LogP contribution in [0.25, 0.3) is 0 Å². The van der Waals surface area contributed by atoms with E-state index in [-0.39, 0.29) is 11.2 Å². The molecule has 23 heavy (non-hydrogen) atoms. The van der Waals surface area contributed by atoms with E-state index in [1.54, 1.807) is 26.4 Å².